The van der Waals surface area contributed by atoms with Crippen LogP contribution in [0.15, 0.2) is 42.7 Å². The second kappa shape index (κ2) is 12.1. The number of benzene rings is 1. The molecular weight excluding hydrogens is 442 g/mol. The van der Waals surface area contributed by atoms with E-state index in [1.54, 1.807) is 6.20 Å². The van der Waals surface area contributed by atoms with Crippen molar-refractivity contribution in [2.45, 2.75) is 46.0 Å². The molecule has 1 heterocycles. The minimum absolute atomic E-state index is 0. The van der Waals surface area contributed by atoms with Gasteiger partial charge >= 0.3 is 201 Å². The van der Waals surface area contributed by atoms with E-state index < -0.39 is 0 Å². The number of hydrogen-bond donors (Lipinski definition) is 0. The molecule has 0 saturated carbocycles. The normalized spacial score (nSPS) is 12.4. The van der Waals surface area contributed by atoms with Crippen molar-refractivity contribution in [3.8, 4) is 11.1 Å². The van der Waals surface area contributed by atoms with E-state index in [0.29, 0.717) is 11.8 Å². The van der Waals surface area contributed by atoms with Crippen LogP contribution in [0.5, 0.6) is 0 Å². The Kier molecular flexibility index (Phi) is 10.9. The van der Waals surface area contributed by atoms with E-state index >= 15 is 0 Å². The summed E-state index contributed by atoms with van der Waals surface area (Å²) in [5.41, 5.74) is 6.75. The molecule has 135 valence electrons. The molecule has 0 aliphatic carbocycles. The molecule has 2 rings (SSSR count). The number of pyridine rings is 1. The number of aromatic nitrogens is 1. The summed E-state index contributed by atoms with van der Waals surface area (Å²) in [6, 6.07) is 10.1. The smallest absolute Gasteiger partial charge is 3.00 e. The molecule has 3 heteroatoms. The molecule has 0 saturated heterocycles. The Bertz CT molecular complexity index is 808. The fourth-order valence-corrected chi connectivity index (χ4v) is 3.49. The molecular formula is C24H25NVY-. The van der Waals surface area contributed by atoms with Crippen molar-refractivity contribution in [1.82, 2.24) is 4.98 Å². The first-order valence-corrected chi connectivity index (χ1v) is 9.67. The van der Waals surface area contributed by atoms with E-state index in [1.165, 1.54) is 17.2 Å². The summed E-state index contributed by atoms with van der Waals surface area (Å²) < 4.78 is 3.16. The van der Waals surface area contributed by atoms with Crippen LogP contribution in [0, 0.1) is 19.1 Å². The topological polar surface area (TPSA) is 12.9 Å². The molecule has 0 bridgehead atoms. The van der Waals surface area contributed by atoms with Gasteiger partial charge in [-0.25, -0.2) is 0 Å². The quantitative estimate of drug-likeness (QED) is 0.344. The van der Waals surface area contributed by atoms with Gasteiger partial charge in [-0.15, -0.1) is 0 Å². The molecule has 2 aromatic rings. The molecule has 0 fully saturated rings. The van der Waals surface area contributed by atoms with Crippen LogP contribution in [0.1, 0.15) is 62.6 Å². The van der Waals surface area contributed by atoms with Gasteiger partial charge in [0.1, 0.15) is 0 Å². The fourth-order valence-electron chi connectivity index (χ4n) is 3.19. The third kappa shape index (κ3) is 6.19. The zero-order valence-corrected chi connectivity index (χ0v) is 20.8. The molecule has 0 spiro atoms. The summed E-state index contributed by atoms with van der Waals surface area (Å²) in [7, 11) is 0. The SMILES string of the molecule is [CH-]=C/C=C(\[C-]=[V])c1ccncc1-c1[c-]c(C(C)C[CH-]C)c(C(C)C)cc1.[Y+3]. The van der Waals surface area contributed by atoms with Crippen LogP contribution in [0.25, 0.3) is 16.7 Å². The van der Waals surface area contributed by atoms with Crippen LogP contribution >= 0.6 is 0 Å². The maximum absolute atomic E-state index is 5.61. The first kappa shape index (κ1) is 24.4. The molecule has 0 amide bonds. The van der Waals surface area contributed by atoms with Gasteiger partial charge in [-0.3, -0.25) is 0 Å². The summed E-state index contributed by atoms with van der Waals surface area (Å²) in [6.07, 6.45) is 10.4. The van der Waals surface area contributed by atoms with Gasteiger partial charge in [0.05, 0.1) is 0 Å². The molecule has 1 nitrogen and oxygen atoms in total. The first-order valence-electron chi connectivity index (χ1n) is 8.97. The van der Waals surface area contributed by atoms with E-state index in [-0.39, 0.29) is 32.7 Å². The predicted octanol–water partition coefficient (Wildman–Crippen LogP) is 5.99. The molecule has 0 radical (unpaired) electrons. The largest absolute Gasteiger partial charge is 3.00 e. The van der Waals surface area contributed by atoms with Crippen molar-refractivity contribution in [3.05, 3.63) is 78.5 Å². The maximum Gasteiger partial charge on any atom is 3.00 e. The van der Waals surface area contributed by atoms with E-state index in [2.05, 4.69) is 79.0 Å². The Labute approximate surface area is 199 Å². The number of allylic oxidation sites excluding steroid dienone is 3. The van der Waals surface area contributed by atoms with Gasteiger partial charge in [-0.05, 0) is 0 Å². The van der Waals surface area contributed by atoms with Crippen LogP contribution in [-0.4, -0.2) is 9.71 Å². The van der Waals surface area contributed by atoms with Crippen molar-refractivity contribution < 1.29 is 49.7 Å². The number of rotatable bonds is 8. The van der Waals surface area contributed by atoms with E-state index in [9.17, 15) is 0 Å². The van der Waals surface area contributed by atoms with Crippen LogP contribution in [-0.2, 0) is 49.7 Å². The summed E-state index contributed by atoms with van der Waals surface area (Å²) >= 11 is 2.37. The predicted molar refractivity (Wildman–Crippen MR) is 107 cm³/mol. The van der Waals surface area contributed by atoms with Gasteiger partial charge in [0.15, 0.2) is 0 Å². The Morgan fingerprint density at radius 1 is 1.33 bits per heavy atom. The van der Waals surface area contributed by atoms with Gasteiger partial charge in [0, 0.05) is 0 Å². The van der Waals surface area contributed by atoms with Crippen molar-refractivity contribution >= 4 is 10.3 Å². The van der Waals surface area contributed by atoms with Crippen molar-refractivity contribution in [1.29, 1.82) is 0 Å². The Morgan fingerprint density at radius 2 is 2.07 bits per heavy atom. The summed E-state index contributed by atoms with van der Waals surface area (Å²) in [4.78, 5) is 4.34. The van der Waals surface area contributed by atoms with Gasteiger partial charge in [0.25, 0.3) is 0 Å². The number of nitrogens with zero attached hydrogens (tertiary/aromatic N) is 1. The Balaban J connectivity index is 0.00000364. The second-order valence-corrected chi connectivity index (χ2v) is 7.10. The van der Waals surface area contributed by atoms with Crippen molar-refractivity contribution in [3.63, 3.8) is 0 Å². The first-order chi connectivity index (χ1) is 12.5. The molecule has 1 atom stereocenters. The number of hydrogen-bond acceptors (Lipinski definition) is 1. The van der Waals surface area contributed by atoms with Crippen LogP contribution in [0.3, 0.4) is 0 Å². The zero-order chi connectivity index (χ0) is 19.1. The third-order valence-electron chi connectivity index (χ3n) is 4.50. The van der Waals surface area contributed by atoms with Crippen molar-refractivity contribution in [2.24, 2.45) is 0 Å². The summed E-state index contributed by atoms with van der Waals surface area (Å²) in [5.74, 6) is 0.908. The fraction of sp³-hybridized carbons (Fsp3) is 0.292. The summed E-state index contributed by atoms with van der Waals surface area (Å²) in [5, 5.41) is 0. The third-order valence-corrected chi connectivity index (χ3v) is 4.87. The molecule has 27 heavy (non-hydrogen) atoms. The monoisotopic (exact) mass is 467 g/mol. The molecule has 0 aliphatic heterocycles. The van der Waals surface area contributed by atoms with Crippen LogP contribution in [0.4, 0.5) is 0 Å². The van der Waals surface area contributed by atoms with Gasteiger partial charge < -0.3 is 0 Å². The Morgan fingerprint density at radius 3 is 2.67 bits per heavy atom. The minimum atomic E-state index is 0. The average Bonchev–Trinajstić information content (AvgIpc) is 2.65. The van der Waals surface area contributed by atoms with E-state index in [1.807, 2.05) is 18.3 Å². The second-order valence-electron chi connectivity index (χ2n) is 6.75. The minimum Gasteiger partial charge on any atom is 3.00 e. The Hall–Kier alpha value is -0.592. The molecule has 1 aromatic carbocycles. The van der Waals surface area contributed by atoms with Gasteiger partial charge in [0.2, 0.25) is 0 Å². The van der Waals surface area contributed by atoms with Crippen LogP contribution < -0.4 is 0 Å². The molecule has 1 aromatic heterocycles. The maximum atomic E-state index is 5.61. The standard InChI is InChI=1S/C24H25N.V.Y/c1-7-9-18(5)22-13-14-25-16-24(22)20-11-12-21(17(3)4)23(15-20)19(6)10-8-2;;/h1,7-9,11-14,16-17,19H,10H2,2-4,6H3;;/q-4;;+3/b18-9+;;. The molecule has 1 unspecified atom stereocenters. The van der Waals surface area contributed by atoms with E-state index in [0.717, 1.165) is 28.7 Å². The van der Waals surface area contributed by atoms with E-state index in [4.69, 9.17) is 6.58 Å². The summed E-state index contributed by atoms with van der Waals surface area (Å²) in [6.45, 7) is 14.5. The zero-order valence-electron chi connectivity index (χ0n) is 16.5. The average molecular weight is 467 g/mol. The molecule has 0 aliphatic rings. The van der Waals surface area contributed by atoms with Crippen LogP contribution in [0.2, 0.25) is 0 Å². The molecule has 0 N–H and O–H groups in total. The van der Waals surface area contributed by atoms with Gasteiger partial charge in [-0.1, -0.05) is 0 Å². The van der Waals surface area contributed by atoms with Crippen molar-refractivity contribution in [2.75, 3.05) is 0 Å². The van der Waals surface area contributed by atoms with Gasteiger partial charge in [-0.2, -0.15) is 0 Å².